The zero-order chi connectivity index (χ0) is 13.8. The van der Waals surface area contributed by atoms with E-state index in [9.17, 15) is 0 Å². The van der Waals surface area contributed by atoms with Crippen LogP contribution in [-0.4, -0.2) is 16.3 Å². The Labute approximate surface area is 114 Å². The molecule has 1 unspecified atom stereocenters. The van der Waals surface area contributed by atoms with Gasteiger partial charge in [0.25, 0.3) is 0 Å². The fourth-order valence-electron chi connectivity index (χ4n) is 2.44. The Bertz CT molecular complexity index is 527. The maximum Gasteiger partial charge on any atom is 0.105 e. The Hall–Kier alpha value is -1.55. The maximum atomic E-state index is 5.42. The van der Waals surface area contributed by atoms with E-state index in [1.807, 2.05) is 18.7 Å². The van der Waals surface area contributed by atoms with Crippen LogP contribution in [0.1, 0.15) is 42.6 Å². The van der Waals surface area contributed by atoms with Crippen molar-refractivity contribution in [3.05, 3.63) is 41.1 Å². The van der Waals surface area contributed by atoms with E-state index in [-0.39, 0.29) is 6.04 Å². The third-order valence-electron chi connectivity index (χ3n) is 3.53. The number of hydrogen-bond acceptors (Lipinski definition) is 3. The SMILES string of the molecule is CCNC(Cc1cc(CC)nn1C)c1ccoc1C. The van der Waals surface area contributed by atoms with E-state index < -0.39 is 0 Å². The van der Waals surface area contributed by atoms with Crippen molar-refractivity contribution in [2.45, 2.75) is 39.7 Å². The van der Waals surface area contributed by atoms with Crippen molar-refractivity contribution in [3.8, 4) is 0 Å². The first kappa shape index (κ1) is 13.9. The van der Waals surface area contributed by atoms with Crippen molar-refractivity contribution >= 4 is 0 Å². The number of aromatic nitrogens is 2. The summed E-state index contributed by atoms with van der Waals surface area (Å²) in [6.45, 7) is 7.21. The van der Waals surface area contributed by atoms with E-state index >= 15 is 0 Å². The molecule has 0 amide bonds. The first-order valence-electron chi connectivity index (χ1n) is 6.94. The van der Waals surface area contributed by atoms with E-state index in [0.29, 0.717) is 0 Å². The third kappa shape index (κ3) is 3.07. The molecule has 1 N–H and O–H groups in total. The van der Waals surface area contributed by atoms with Crippen LogP contribution in [0.3, 0.4) is 0 Å². The minimum atomic E-state index is 0.281. The molecular formula is C15H23N3O. The van der Waals surface area contributed by atoms with Crippen LogP contribution in [0.2, 0.25) is 0 Å². The van der Waals surface area contributed by atoms with Gasteiger partial charge in [0, 0.05) is 30.8 Å². The first-order valence-corrected chi connectivity index (χ1v) is 6.94. The van der Waals surface area contributed by atoms with E-state index in [4.69, 9.17) is 4.42 Å². The molecular weight excluding hydrogens is 238 g/mol. The fraction of sp³-hybridized carbons (Fsp3) is 0.533. The smallest absolute Gasteiger partial charge is 0.105 e. The van der Waals surface area contributed by atoms with Gasteiger partial charge in [-0.3, -0.25) is 4.68 Å². The summed E-state index contributed by atoms with van der Waals surface area (Å²) in [7, 11) is 2.01. The molecule has 4 nitrogen and oxygen atoms in total. The highest BCUT2D eigenvalue weighted by Gasteiger charge is 2.17. The summed E-state index contributed by atoms with van der Waals surface area (Å²) < 4.78 is 7.41. The molecule has 0 fully saturated rings. The predicted molar refractivity (Wildman–Crippen MR) is 76.2 cm³/mol. The van der Waals surface area contributed by atoms with Crippen LogP contribution in [0.25, 0.3) is 0 Å². The Morgan fingerprint density at radius 1 is 1.42 bits per heavy atom. The lowest BCUT2D eigenvalue weighted by Gasteiger charge is -2.17. The molecule has 2 heterocycles. The highest BCUT2D eigenvalue weighted by Crippen LogP contribution is 2.23. The van der Waals surface area contributed by atoms with Crippen LogP contribution < -0.4 is 5.32 Å². The molecule has 2 rings (SSSR count). The second-order valence-electron chi connectivity index (χ2n) is 4.85. The van der Waals surface area contributed by atoms with Gasteiger partial charge in [-0.2, -0.15) is 5.10 Å². The van der Waals surface area contributed by atoms with Crippen molar-refractivity contribution in [2.24, 2.45) is 7.05 Å². The average Bonchev–Trinajstić information content (AvgIpc) is 2.96. The molecule has 0 aliphatic heterocycles. The summed E-state index contributed by atoms with van der Waals surface area (Å²) >= 11 is 0. The zero-order valence-corrected chi connectivity index (χ0v) is 12.2. The predicted octanol–water partition coefficient (Wildman–Crippen LogP) is 2.78. The van der Waals surface area contributed by atoms with Crippen molar-refractivity contribution in [1.29, 1.82) is 0 Å². The first-order chi connectivity index (χ1) is 9.15. The van der Waals surface area contributed by atoms with Crippen molar-refractivity contribution < 1.29 is 4.42 Å². The van der Waals surface area contributed by atoms with Gasteiger partial charge in [-0.05, 0) is 32.0 Å². The molecule has 0 aliphatic rings. The van der Waals surface area contributed by atoms with Crippen LogP contribution in [0, 0.1) is 6.92 Å². The fourth-order valence-corrected chi connectivity index (χ4v) is 2.44. The molecule has 0 aromatic carbocycles. The van der Waals surface area contributed by atoms with E-state index in [0.717, 1.165) is 30.8 Å². The summed E-state index contributed by atoms with van der Waals surface area (Å²) in [6.07, 6.45) is 3.66. The van der Waals surface area contributed by atoms with Gasteiger partial charge in [-0.15, -0.1) is 0 Å². The third-order valence-corrected chi connectivity index (χ3v) is 3.53. The van der Waals surface area contributed by atoms with E-state index in [1.165, 1.54) is 11.3 Å². The molecule has 0 spiro atoms. The molecule has 4 heteroatoms. The lowest BCUT2D eigenvalue weighted by Crippen LogP contribution is -2.24. The van der Waals surface area contributed by atoms with Gasteiger partial charge in [-0.25, -0.2) is 0 Å². The number of rotatable bonds is 6. The molecule has 2 aromatic rings. The Morgan fingerprint density at radius 2 is 2.21 bits per heavy atom. The quantitative estimate of drug-likeness (QED) is 0.869. The van der Waals surface area contributed by atoms with Crippen molar-refractivity contribution in [1.82, 2.24) is 15.1 Å². The van der Waals surface area contributed by atoms with Crippen LogP contribution in [-0.2, 0) is 19.9 Å². The standard InChI is InChI=1S/C15H23N3O/c1-5-12-9-13(18(4)17-12)10-15(16-6-2)14-7-8-19-11(14)3/h7-9,15-16H,5-6,10H2,1-4H3. The molecule has 0 saturated heterocycles. The molecule has 1 atom stereocenters. The summed E-state index contributed by atoms with van der Waals surface area (Å²) in [6, 6.07) is 4.53. The van der Waals surface area contributed by atoms with Crippen LogP contribution in [0.5, 0.6) is 0 Å². The number of nitrogens with zero attached hydrogens (tertiary/aromatic N) is 2. The van der Waals surface area contributed by atoms with E-state index in [1.54, 1.807) is 6.26 Å². The van der Waals surface area contributed by atoms with Gasteiger partial charge in [0.05, 0.1) is 12.0 Å². The van der Waals surface area contributed by atoms with Crippen molar-refractivity contribution in [2.75, 3.05) is 6.54 Å². The summed E-state index contributed by atoms with van der Waals surface area (Å²) in [5.41, 5.74) is 3.64. The lowest BCUT2D eigenvalue weighted by molar-refractivity contribution is 0.494. The Kier molecular flexibility index (Phi) is 4.43. The lowest BCUT2D eigenvalue weighted by atomic mass is 10.0. The van der Waals surface area contributed by atoms with Gasteiger partial charge in [0.15, 0.2) is 0 Å². The van der Waals surface area contributed by atoms with E-state index in [2.05, 4.69) is 36.4 Å². The van der Waals surface area contributed by atoms with Gasteiger partial charge in [0.2, 0.25) is 0 Å². The summed E-state index contributed by atoms with van der Waals surface area (Å²) in [5, 5.41) is 8.04. The second-order valence-corrected chi connectivity index (χ2v) is 4.85. The zero-order valence-electron chi connectivity index (χ0n) is 12.2. The number of nitrogens with one attached hydrogen (secondary N) is 1. The minimum absolute atomic E-state index is 0.281. The molecule has 2 aromatic heterocycles. The summed E-state index contributed by atoms with van der Waals surface area (Å²) in [4.78, 5) is 0. The monoisotopic (exact) mass is 261 g/mol. The molecule has 0 radical (unpaired) electrons. The Balaban J connectivity index is 2.21. The largest absolute Gasteiger partial charge is 0.469 e. The topological polar surface area (TPSA) is 43.0 Å². The highest BCUT2D eigenvalue weighted by atomic mass is 16.3. The average molecular weight is 261 g/mol. The normalized spacial score (nSPS) is 12.8. The summed E-state index contributed by atoms with van der Waals surface area (Å²) in [5.74, 6) is 0.990. The van der Waals surface area contributed by atoms with Gasteiger partial charge < -0.3 is 9.73 Å². The second kappa shape index (κ2) is 6.06. The van der Waals surface area contributed by atoms with Crippen LogP contribution >= 0.6 is 0 Å². The number of aryl methyl sites for hydroxylation is 3. The minimum Gasteiger partial charge on any atom is -0.469 e. The van der Waals surface area contributed by atoms with Gasteiger partial charge in [0.1, 0.15) is 5.76 Å². The van der Waals surface area contributed by atoms with Crippen LogP contribution in [0.4, 0.5) is 0 Å². The number of likely N-dealkylation sites (N-methyl/N-ethyl adjacent to an activating group) is 1. The highest BCUT2D eigenvalue weighted by molar-refractivity contribution is 5.23. The molecule has 0 saturated carbocycles. The Morgan fingerprint density at radius 3 is 2.74 bits per heavy atom. The molecule has 104 valence electrons. The molecule has 0 bridgehead atoms. The number of hydrogen-bond donors (Lipinski definition) is 1. The van der Waals surface area contributed by atoms with Gasteiger partial charge >= 0.3 is 0 Å². The van der Waals surface area contributed by atoms with Gasteiger partial charge in [-0.1, -0.05) is 13.8 Å². The molecule has 19 heavy (non-hydrogen) atoms. The van der Waals surface area contributed by atoms with Crippen LogP contribution in [0.15, 0.2) is 22.8 Å². The number of furan rings is 1. The van der Waals surface area contributed by atoms with Crippen molar-refractivity contribution in [3.63, 3.8) is 0 Å². The maximum absolute atomic E-state index is 5.42. The molecule has 0 aliphatic carbocycles.